The smallest absolute Gasteiger partial charge is 0.264 e. The maximum Gasteiger partial charge on any atom is 0.264 e. The molecule has 2 amide bonds. The van der Waals surface area contributed by atoms with E-state index in [0.29, 0.717) is 17.9 Å². The van der Waals surface area contributed by atoms with Crippen LogP contribution in [0.3, 0.4) is 0 Å². The van der Waals surface area contributed by atoms with Crippen LogP contribution < -0.4 is 14.4 Å². The first-order chi connectivity index (χ1) is 18.7. The van der Waals surface area contributed by atoms with E-state index in [9.17, 15) is 22.4 Å². The van der Waals surface area contributed by atoms with Crippen LogP contribution in [0.2, 0.25) is 0 Å². The van der Waals surface area contributed by atoms with Crippen molar-refractivity contribution in [2.75, 3.05) is 24.5 Å². The number of carbonyl (C=O) groups is 2. The molecule has 0 spiro atoms. The van der Waals surface area contributed by atoms with E-state index in [2.05, 4.69) is 5.32 Å². The fourth-order valence-corrected chi connectivity index (χ4v) is 5.38. The maximum atomic E-state index is 13.8. The number of unbranched alkanes of at least 4 members (excludes halogenated alkanes) is 1. The molecule has 1 N–H and O–H groups in total. The number of hydrogen-bond donors (Lipinski definition) is 1. The number of nitrogens with zero attached hydrogens (tertiary/aromatic N) is 2. The molecule has 8 nitrogen and oxygen atoms in total. The predicted octanol–water partition coefficient (Wildman–Crippen LogP) is 4.36. The number of methoxy groups -OCH3 is 1. The molecule has 0 bridgehead atoms. The fourth-order valence-electron chi connectivity index (χ4n) is 3.94. The van der Waals surface area contributed by atoms with Crippen LogP contribution in [0.25, 0.3) is 0 Å². The van der Waals surface area contributed by atoms with Crippen LogP contribution in [0.15, 0.2) is 83.8 Å². The Hall–Kier alpha value is -3.92. The second-order valence-corrected chi connectivity index (χ2v) is 10.9. The number of amides is 2. The van der Waals surface area contributed by atoms with E-state index in [1.807, 2.05) is 6.92 Å². The molecular formula is C29H34FN3O5S. The molecular weight excluding hydrogens is 521 g/mol. The number of rotatable bonds is 13. The molecule has 0 fully saturated rings. The Morgan fingerprint density at radius 1 is 1.00 bits per heavy atom. The zero-order valence-electron chi connectivity index (χ0n) is 22.3. The Labute approximate surface area is 229 Å². The highest BCUT2D eigenvalue weighted by atomic mass is 32.2. The van der Waals surface area contributed by atoms with Crippen molar-refractivity contribution in [3.05, 3.63) is 90.2 Å². The van der Waals surface area contributed by atoms with Gasteiger partial charge in [0, 0.05) is 13.1 Å². The van der Waals surface area contributed by atoms with Gasteiger partial charge < -0.3 is 15.0 Å². The van der Waals surface area contributed by atoms with Crippen molar-refractivity contribution in [1.29, 1.82) is 0 Å². The van der Waals surface area contributed by atoms with Gasteiger partial charge in [-0.2, -0.15) is 0 Å². The summed E-state index contributed by atoms with van der Waals surface area (Å²) in [5.74, 6) is -0.905. The van der Waals surface area contributed by atoms with Crippen molar-refractivity contribution in [2.24, 2.45) is 0 Å². The maximum absolute atomic E-state index is 13.8. The summed E-state index contributed by atoms with van der Waals surface area (Å²) in [7, 11) is -2.67. The molecule has 39 heavy (non-hydrogen) atoms. The normalized spacial score (nSPS) is 11.9. The summed E-state index contributed by atoms with van der Waals surface area (Å²) < 4.78 is 47.2. The Bertz CT molecular complexity index is 1350. The number of hydrogen-bond acceptors (Lipinski definition) is 5. The first kappa shape index (κ1) is 29.6. The van der Waals surface area contributed by atoms with Crippen molar-refractivity contribution in [1.82, 2.24) is 10.2 Å². The van der Waals surface area contributed by atoms with Crippen LogP contribution in [0.4, 0.5) is 10.1 Å². The third-order valence-corrected chi connectivity index (χ3v) is 8.00. The lowest BCUT2D eigenvalue weighted by Gasteiger charge is -2.32. The van der Waals surface area contributed by atoms with Crippen molar-refractivity contribution in [3.8, 4) is 5.75 Å². The lowest BCUT2D eigenvalue weighted by molar-refractivity contribution is -0.139. The summed E-state index contributed by atoms with van der Waals surface area (Å²) in [5.41, 5.74) is 0.824. The summed E-state index contributed by atoms with van der Waals surface area (Å²) in [4.78, 5) is 28.1. The number of sulfonamides is 1. The number of nitrogens with one attached hydrogen (secondary N) is 1. The van der Waals surface area contributed by atoms with Crippen LogP contribution in [-0.4, -0.2) is 51.4 Å². The standard InChI is InChI=1S/C29H34FN3O5S/c1-4-5-18-31-29(35)22(2)32(20-23-10-9-11-26(19-23)38-3)28(34)21-33(25-16-14-24(30)15-17-25)39(36,37)27-12-7-6-8-13-27/h6-17,19,22H,4-5,18,20-21H2,1-3H3,(H,31,35). The Morgan fingerprint density at radius 3 is 2.33 bits per heavy atom. The summed E-state index contributed by atoms with van der Waals surface area (Å²) >= 11 is 0. The zero-order valence-corrected chi connectivity index (χ0v) is 23.2. The molecule has 10 heteroatoms. The fraction of sp³-hybridized carbons (Fsp3) is 0.310. The van der Waals surface area contributed by atoms with Crippen molar-refractivity contribution >= 4 is 27.5 Å². The highest BCUT2D eigenvalue weighted by Gasteiger charge is 2.32. The van der Waals surface area contributed by atoms with Gasteiger partial charge in [-0.05, 0) is 67.4 Å². The van der Waals surface area contributed by atoms with Gasteiger partial charge >= 0.3 is 0 Å². The van der Waals surface area contributed by atoms with Gasteiger partial charge in [-0.25, -0.2) is 12.8 Å². The number of ether oxygens (including phenoxy) is 1. The predicted molar refractivity (Wildman–Crippen MR) is 148 cm³/mol. The number of halogens is 1. The van der Waals surface area contributed by atoms with E-state index in [-0.39, 0.29) is 23.0 Å². The average Bonchev–Trinajstić information content (AvgIpc) is 2.95. The summed E-state index contributed by atoms with van der Waals surface area (Å²) in [6.45, 7) is 3.52. The van der Waals surface area contributed by atoms with Gasteiger partial charge in [0.2, 0.25) is 11.8 Å². The highest BCUT2D eigenvalue weighted by Crippen LogP contribution is 2.25. The van der Waals surface area contributed by atoms with Crippen molar-refractivity contribution < 1.29 is 27.1 Å². The largest absolute Gasteiger partial charge is 0.497 e. The quantitative estimate of drug-likeness (QED) is 0.316. The monoisotopic (exact) mass is 555 g/mol. The van der Waals surface area contributed by atoms with E-state index in [4.69, 9.17) is 4.74 Å². The average molecular weight is 556 g/mol. The minimum atomic E-state index is -4.20. The lowest BCUT2D eigenvalue weighted by atomic mass is 10.1. The second-order valence-electron chi connectivity index (χ2n) is 8.99. The number of benzene rings is 3. The Kier molecular flexibility index (Phi) is 10.4. The van der Waals surface area contributed by atoms with Crippen molar-refractivity contribution in [3.63, 3.8) is 0 Å². The molecule has 1 atom stereocenters. The van der Waals surface area contributed by atoms with Gasteiger partial charge in [0.1, 0.15) is 24.2 Å². The molecule has 0 radical (unpaired) electrons. The highest BCUT2D eigenvalue weighted by molar-refractivity contribution is 7.92. The Balaban J connectivity index is 1.99. The molecule has 208 valence electrons. The summed E-state index contributed by atoms with van der Waals surface area (Å²) in [5, 5.41) is 2.84. The summed E-state index contributed by atoms with van der Waals surface area (Å²) in [6, 6.07) is 18.7. The lowest BCUT2D eigenvalue weighted by Crippen LogP contribution is -2.51. The van der Waals surface area contributed by atoms with Crippen LogP contribution in [-0.2, 0) is 26.2 Å². The topological polar surface area (TPSA) is 96.0 Å². The third kappa shape index (κ3) is 7.79. The molecule has 3 aromatic rings. The molecule has 0 heterocycles. The van der Waals surface area contributed by atoms with Crippen LogP contribution >= 0.6 is 0 Å². The van der Waals surface area contributed by atoms with Gasteiger partial charge in [-0.3, -0.25) is 13.9 Å². The number of carbonyl (C=O) groups excluding carboxylic acids is 2. The Morgan fingerprint density at radius 2 is 1.69 bits per heavy atom. The SMILES string of the molecule is CCCCNC(=O)C(C)N(Cc1cccc(OC)c1)C(=O)CN(c1ccc(F)cc1)S(=O)(=O)c1ccccc1. The molecule has 0 aliphatic carbocycles. The molecule has 0 aliphatic rings. The van der Waals surface area contributed by atoms with E-state index in [1.165, 1.54) is 36.3 Å². The van der Waals surface area contributed by atoms with E-state index < -0.39 is 34.3 Å². The molecule has 0 aliphatic heterocycles. The zero-order chi connectivity index (χ0) is 28.4. The van der Waals surface area contributed by atoms with Crippen LogP contribution in [0, 0.1) is 5.82 Å². The first-order valence-corrected chi connectivity index (χ1v) is 14.1. The minimum Gasteiger partial charge on any atom is -0.497 e. The summed E-state index contributed by atoms with van der Waals surface area (Å²) in [6.07, 6.45) is 1.68. The van der Waals surface area contributed by atoms with Crippen molar-refractivity contribution in [2.45, 2.75) is 44.2 Å². The molecule has 0 aromatic heterocycles. The van der Waals surface area contributed by atoms with Crippen LogP contribution in [0.1, 0.15) is 32.3 Å². The van der Waals surface area contributed by atoms with Gasteiger partial charge in [0.15, 0.2) is 0 Å². The molecule has 0 saturated carbocycles. The third-order valence-electron chi connectivity index (χ3n) is 6.21. The molecule has 1 unspecified atom stereocenters. The van der Waals surface area contributed by atoms with Gasteiger partial charge in [0.25, 0.3) is 10.0 Å². The van der Waals surface area contributed by atoms with E-state index in [1.54, 1.807) is 49.4 Å². The second kappa shape index (κ2) is 13.7. The molecule has 0 saturated heterocycles. The minimum absolute atomic E-state index is 0.0215. The number of anilines is 1. The van der Waals surface area contributed by atoms with E-state index in [0.717, 1.165) is 29.3 Å². The van der Waals surface area contributed by atoms with Gasteiger partial charge in [0.05, 0.1) is 17.7 Å². The van der Waals surface area contributed by atoms with Crippen LogP contribution in [0.5, 0.6) is 5.75 Å². The van der Waals surface area contributed by atoms with Gasteiger partial charge in [-0.15, -0.1) is 0 Å². The first-order valence-electron chi connectivity index (χ1n) is 12.7. The van der Waals surface area contributed by atoms with Gasteiger partial charge in [-0.1, -0.05) is 43.7 Å². The molecule has 3 rings (SSSR count). The molecule has 3 aromatic carbocycles. The van der Waals surface area contributed by atoms with E-state index >= 15 is 0 Å².